The molecule has 0 radical (unpaired) electrons. The lowest BCUT2D eigenvalue weighted by Crippen LogP contribution is -2.19. The fourth-order valence-corrected chi connectivity index (χ4v) is 1.85. The second-order valence-electron chi connectivity index (χ2n) is 5.25. The van der Waals surface area contributed by atoms with Crippen molar-refractivity contribution in [1.29, 1.82) is 0 Å². The molecule has 0 saturated carbocycles. The lowest BCUT2D eigenvalue weighted by molar-refractivity contribution is 0.00524. The van der Waals surface area contributed by atoms with Gasteiger partial charge in [0.05, 0.1) is 39.6 Å². The molecule has 6 heteroatoms. The van der Waals surface area contributed by atoms with Crippen molar-refractivity contribution < 1.29 is 29.2 Å². The van der Waals surface area contributed by atoms with E-state index in [-0.39, 0.29) is 13.2 Å². The zero-order valence-corrected chi connectivity index (χ0v) is 14.0. The summed E-state index contributed by atoms with van der Waals surface area (Å²) in [6.45, 7) is 3.99. The Kier molecular flexibility index (Phi) is 18.6. The molecule has 0 fully saturated rings. The van der Waals surface area contributed by atoms with E-state index in [9.17, 15) is 0 Å². The lowest BCUT2D eigenvalue weighted by atomic mass is 10.1. The quantitative estimate of drug-likeness (QED) is 0.371. The molecule has 0 saturated heterocycles. The smallest absolute Gasteiger partial charge is 0.100 e. The predicted octanol–water partition coefficient (Wildman–Crippen LogP) is 1.38. The number of methoxy groups -OCH3 is 1. The first-order valence-corrected chi connectivity index (χ1v) is 8.32. The third-order valence-corrected chi connectivity index (χ3v) is 3.15. The van der Waals surface area contributed by atoms with Crippen LogP contribution < -0.4 is 0 Å². The maximum absolute atomic E-state index is 9.07. The molecule has 0 aliphatic rings. The highest BCUT2D eigenvalue weighted by molar-refractivity contribution is 4.50. The minimum atomic E-state index is -0.745. The molecule has 22 heavy (non-hydrogen) atoms. The molecular weight excluding hydrogens is 288 g/mol. The highest BCUT2D eigenvalue weighted by atomic mass is 16.5. The average molecular weight is 322 g/mol. The second-order valence-corrected chi connectivity index (χ2v) is 5.25. The Morgan fingerprint density at radius 1 is 0.682 bits per heavy atom. The standard InChI is InChI=1S/C16H34O6/c1-19-10-11-21-13-12-20-8-6-4-2-3-5-7-9-22-15-16(18)14-17/h16-18H,2-15H2,1H3/t16-/m0/s1. The van der Waals surface area contributed by atoms with E-state index in [2.05, 4.69) is 0 Å². The van der Waals surface area contributed by atoms with Gasteiger partial charge in [0.15, 0.2) is 0 Å². The Bertz CT molecular complexity index is 203. The summed E-state index contributed by atoms with van der Waals surface area (Å²) in [5, 5.41) is 17.7. The van der Waals surface area contributed by atoms with E-state index in [4.69, 9.17) is 29.2 Å². The van der Waals surface area contributed by atoms with Crippen molar-refractivity contribution in [1.82, 2.24) is 0 Å². The molecule has 0 aromatic heterocycles. The fraction of sp³-hybridized carbons (Fsp3) is 1.00. The van der Waals surface area contributed by atoms with E-state index >= 15 is 0 Å². The Labute approximate surface area is 134 Å². The predicted molar refractivity (Wildman–Crippen MR) is 85.1 cm³/mol. The molecule has 1 atom stereocenters. The molecule has 0 aromatic rings. The molecule has 0 unspecified atom stereocenters. The van der Waals surface area contributed by atoms with E-state index in [1.54, 1.807) is 7.11 Å². The Hall–Kier alpha value is -0.240. The maximum atomic E-state index is 9.07. The van der Waals surface area contributed by atoms with Crippen molar-refractivity contribution in [3.05, 3.63) is 0 Å². The van der Waals surface area contributed by atoms with Gasteiger partial charge in [-0.25, -0.2) is 0 Å². The highest BCUT2D eigenvalue weighted by Gasteiger charge is 2.00. The van der Waals surface area contributed by atoms with Crippen LogP contribution in [-0.2, 0) is 18.9 Å². The van der Waals surface area contributed by atoms with Crippen molar-refractivity contribution in [3.63, 3.8) is 0 Å². The van der Waals surface area contributed by atoms with Crippen LogP contribution in [0.4, 0.5) is 0 Å². The maximum Gasteiger partial charge on any atom is 0.100 e. The van der Waals surface area contributed by atoms with Crippen molar-refractivity contribution in [2.45, 2.75) is 44.6 Å². The van der Waals surface area contributed by atoms with Gasteiger partial charge >= 0.3 is 0 Å². The molecule has 0 aliphatic heterocycles. The molecule has 0 aliphatic carbocycles. The van der Waals surface area contributed by atoms with Gasteiger partial charge in [0.2, 0.25) is 0 Å². The summed E-state index contributed by atoms with van der Waals surface area (Å²) in [5.41, 5.74) is 0. The zero-order valence-electron chi connectivity index (χ0n) is 14.0. The minimum absolute atomic E-state index is 0.225. The van der Waals surface area contributed by atoms with Crippen LogP contribution in [0.15, 0.2) is 0 Å². The highest BCUT2D eigenvalue weighted by Crippen LogP contribution is 2.05. The molecule has 0 heterocycles. The molecule has 0 amide bonds. The van der Waals surface area contributed by atoms with Gasteiger partial charge in [-0.3, -0.25) is 0 Å². The van der Waals surface area contributed by atoms with Crippen LogP contribution in [0, 0.1) is 0 Å². The van der Waals surface area contributed by atoms with Crippen LogP contribution in [-0.4, -0.2) is 76.3 Å². The Balaban J connectivity index is 2.97. The summed E-state index contributed by atoms with van der Waals surface area (Å²) in [6.07, 6.45) is 6.10. The van der Waals surface area contributed by atoms with Crippen LogP contribution in [0.3, 0.4) is 0 Å². The largest absolute Gasteiger partial charge is 0.394 e. The summed E-state index contributed by atoms with van der Waals surface area (Å²) >= 11 is 0. The minimum Gasteiger partial charge on any atom is -0.394 e. The van der Waals surface area contributed by atoms with Gasteiger partial charge in [-0.1, -0.05) is 25.7 Å². The zero-order chi connectivity index (χ0) is 16.3. The van der Waals surface area contributed by atoms with Gasteiger partial charge in [-0.05, 0) is 12.8 Å². The molecule has 6 nitrogen and oxygen atoms in total. The number of unbranched alkanes of at least 4 members (excludes halogenated alkanes) is 5. The molecule has 134 valence electrons. The topological polar surface area (TPSA) is 77.4 Å². The number of hydrogen-bond donors (Lipinski definition) is 2. The van der Waals surface area contributed by atoms with Gasteiger partial charge in [-0.2, -0.15) is 0 Å². The third kappa shape index (κ3) is 17.8. The van der Waals surface area contributed by atoms with Gasteiger partial charge in [0.25, 0.3) is 0 Å². The number of aliphatic hydroxyl groups excluding tert-OH is 2. The van der Waals surface area contributed by atoms with Gasteiger partial charge in [0.1, 0.15) is 6.10 Å². The van der Waals surface area contributed by atoms with E-state index < -0.39 is 6.10 Å². The van der Waals surface area contributed by atoms with Crippen molar-refractivity contribution in [3.8, 4) is 0 Å². The van der Waals surface area contributed by atoms with E-state index in [0.29, 0.717) is 33.0 Å². The summed E-state index contributed by atoms with van der Waals surface area (Å²) in [5.74, 6) is 0. The van der Waals surface area contributed by atoms with Gasteiger partial charge < -0.3 is 29.2 Å². The van der Waals surface area contributed by atoms with Crippen LogP contribution in [0.1, 0.15) is 38.5 Å². The molecular formula is C16H34O6. The molecule has 0 rings (SSSR count). The van der Waals surface area contributed by atoms with E-state index in [1.807, 2.05) is 0 Å². The van der Waals surface area contributed by atoms with Crippen molar-refractivity contribution in [2.75, 3.05) is 60.0 Å². The number of ether oxygens (including phenoxy) is 4. The molecule has 0 spiro atoms. The number of rotatable bonds is 18. The summed E-state index contributed by atoms with van der Waals surface area (Å²) < 4.78 is 20.9. The van der Waals surface area contributed by atoms with Gasteiger partial charge in [-0.15, -0.1) is 0 Å². The monoisotopic (exact) mass is 322 g/mol. The van der Waals surface area contributed by atoms with Gasteiger partial charge in [0, 0.05) is 20.3 Å². The number of hydrogen-bond acceptors (Lipinski definition) is 6. The first-order valence-electron chi connectivity index (χ1n) is 8.32. The normalized spacial score (nSPS) is 12.7. The van der Waals surface area contributed by atoms with E-state index in [0.717, 1.165) is 25.9 Å². The van der Waals surface area contributed by atoms with Crippen LogP contribution in [0.2, 0.25) is 0 Å². The SMILES string of the molecule is COCCOCCOCCCCCCCCOC[C@@H](O)CO. The van der Waals surface area contributed by atoms with Crippen LogP contribution in [0.5, 0.6) is 0 Å². The first-order chi connectivity index (χ1) is 10.8. The molecule has 0 aromatic carbocycles. The first kappa shape index (κ1) is 21.8. The molecule has 2 N–H and O–H groups in total. The van der Waals surface area contributed by atoms with Crippen molar-refractivity contribution in [2.24, 2.45) is 0 Å². The summed E-state index contributed by atoms with van der Waals surface area (Å²) in [7, 11) is 1.66. The Morgan fingerprint density at radius 3 is 1.77 bits per heavy atom. The number of aliphatic hydroxyl groups is 2. The lowest BCUT2D eigenvalue weighted by Gasteiger charge is -2.08. The van der Waals surface area contributed by atoms with Crippen LogP contribution in [0.25, 0.3) is 0 Å². The Morgan fingerprint density at radius 2 is 1.18 bits per heavy atom. The second kappa shape index (κ2) is 18.8. The molecule has 0 bridgehead atoms. The summed E-state index contributed by atoms with van der Waals surface area (Å²) in [4.78, 5) is 0. The van der Waals surface area contributed by atoms with Crippen molar-refractivity contribution >= 4 is 0 Å². The summed E-state index contributed by atoms with van der Waals surface area (Å²) in [6, 6.07) is 0. The average Bonchev–Trinajstić information content (AvgIpc) is 2.54. The fourth-order valence-electron chi connectivity index (χ4n) is 1.85. The third-order valence-electron chi connectivity index (χ3n) is 3.15. The van der Waals surface area contributed by atoms with E-state index in [1.165, 1.54) is 19.3 Å². The van der Waals surface area contributed by atoms with Crippen LogP contribution >= 0.6 is 0 Å².